The number of benzene rings is 6. The van der Waals surface area contributed by atoms with E-state index in [4.69, 9.17) is 0 Å². The predicted octanol–water partition coefficient (Wildman–Crippen LogP) is 9.38. The zero-order valence-corrected chi connectivity index (χ0v) is 24.4. The second kappa shape index (κ2) is 14.7. The first kappa shape index (κ1) is 28.7. The van der Waals surface area contributed by atoms with Crippen LogP contribution >= 0.6 is 0 Å². The van der Waals surface area contributed by atoms with Crippen LogP contribution in [0.5, 0.6) is 17.2 Å². The molecule has 0 atom stereocenters. The van der Waals surface area contributed by atoms with E-state index in [2.05, 4.69) is 139 Å². The van der Waals surface area contributed by atoms with Crippen LogP contribution in [0.4, 0.5) is 0 Å². The highest BCUT2D eigenvalue weighted by atomic mass is 16.7. The molecule has 6 rings (SSSR count). The van der Waals surface area contributed by atoms with Gasteiger partial charge in [-0.15, -0.1) is 0 Å². The first-order valence-electron chi connectivity index (χ1n) is 15.1. The standard InChI is InChI=1S/C22H24B.C18H15O/c1-2-3-19-23(20-13-7-4-8-14-20,21-15-9-5-10-16-21)22-17-11-6-12-18-22;1-4-10-16(11-5-1)19(17-12-6-2-7-13-17)18-14-8-3-9-15-18/h4-18H,2-3,19H2,1H3;1-15H/q-1;+1. The first-order valence-corrected chi connectivity index (χ1v) is 15.1. The molecule has 0 N–H and O–H groups in total. The molecule has 0 aromatic heterocycles. The molecular formula is C40H39BO. The van der Waals surface area contributed by atoms with Gasteiger partial charge in [-0.1, -0.05) is 165 Å². The van der Waals surface area contributed by atoms with Gasteiger partial charge < -0.3 is 4.37 Å². The van der Waals surface area contributed by atoms with Crippen LogP contribution in [0.1, 0.15) is 19.8 Å². The second-order valence-electron chi connectivity index (χ2n) is 10.7. The van der Waals surface area contributed by atoms with E-state index in [1.54, 1.807) is 0 Å². The van der Waals surface area contributed by atoms with Crippen molar-refractivity contribution in [3.05, 3.63) is 182 Å². The van der Waals surface area contributed by atoms with Crippen LogP contribution in [0, 0.1) is 0 Å². The maximum atomic E-state index is 3.22. The van der Waals surface area contributed by atoms with E-state index in [-0.39, 0.29) is 0 Å². The van der Waals surface area contributed by atoms with Crippen molar-refractivity contribution in [3.63, 3.8) is 0 Å². The highest BCUT2D eigenvalue weighted by Gasteiger charge is 2.28. The zero-order valence-electron chi connectivity index (χ0n) is 24.4. The monoisotopic (exact) mass is 546 g/mol. The van der Waals surface area contributed by atoms with Crippen LogP contribution in [0.3, 0.4) is 0 Å². The minimum Gasteiger partial charge on any atom is -0.499 e. The molecule has 0 unspecified atom stereocenters. The molecule has 0 spiro atoms. The van der Waals surface area contributed by atoms with Gasteiger partial charge in [0.2, 0.25) is 0 Å². The molecule has 0 amide bonds. The fraction of sp³-hybridized carbons (Fsp3) is 0.100. The third-order valence-corrected chi connectivity index (χ3v) is 8.03. The van der Waals surface area contributed by atoms with E-state index in [0.717, 1.165) is 17.2 Å². The molecule has 0 fully saturated rings. The summed E-state index contributed by atoms with van der Waals surface area (Å²) in [7, 11) is 0. The van der Waals surface area contributed by atoms with Gasteiger partial charge in [-0.2, -0.15) is 22.7 Å². The van der Waals surface area contributed by atoms with Crippen LogP contribution < -0.4 is 20.8 Å². The second-order valence-corrected chi connectivity index (χ2v) is 10.7. The van der Waals surface area contributed by atoms with Gasteiger partial charge in [0.05, 0.1) is 6.15 Å². The van der Waals surface area contributed by atoms with E-state index < -0.39 is 6.15 Å². The van der Waals surface area contributed by atoms with Crippen molar-refractivity contribution in [2.75, 3.05) is 0 Å². The molecule has 0 aliphatic heterocycles. The lowest BCUT2D eigenvalue weighted by Gasteiger charge is -2.43. The summed E-state index contributed by atoms with van der Waals surface area (Å²) in [6.07, 6.45) is 2.73. The van der Waals surface area contributed by atoms with Gasteiger partial charge in [-0.05, 0) is 0 Å². The van der Waals surface area contributed by atoms with Crippen LogP contribution in [0.25, 0.3) is 0 Å². The van der Waals surface area contributed by atoms with E-state index >= 15 is 0 Å². The van der Waals surface area contributed by atoms with Gasteiger partial charge >= 0.3 is 0 Å². The molecule has 0 bridgehead atoms. The van der Waals surface area contributed by atoms with Crippen LogP contribution in [0.2, 0.25) is 6.32 Å². The summed E-state index contributed by atoms with van der Waals surface area (Å²) >= 11 is 0. The molecule has 0 saturated heterocycles. The number of hydrogen-bond donors (Lipinski definition) is 0. The summed E-state index contributed by atoms with van der Waals surface area (Å²) < 4.78 is 3.22. The Kier molecular flexibility index (Phi) is 10.1. The van der Waals surface area contributed by atoms with E-state index in [0.29, 0.717) is 0 Å². The van der Waals surface area contributed by atoms with Gasteiger partial charge in [0, 0.05) is 36.4 Å². The lowest BCUT2D eigenvalue weighted by molar-refractivity contribution is 0.233. The van der Waals surface area contributed by atoms with Crippen LogP contribution in [-0.2, 0) is 0 Å². The van der Waals surface area contributed by atoms with Crippen molar-refractivity contribution in [3.8, 4) is 17.2 Å². The topological polar surface area (TPSA) is 2.70 Å². The Hall–Kier alpha value is -4.82. The minimum absolute atomic E-state index is 0.913. The highest BCUT2D eigenvalue weighted by molar-refractivity contribution is 7.11. The number of unbranched alkanes of at least 4 members (excludes halogenated alkanes) is 1. The SMILES string of the molecule is CCCC[B-](c1ccccc1)(c1ccccc1)c1ccccc1.c1ccc([O+](c2ccccc2)c2ccccc2)cc1. The van der Waals surface area contributed by atoms with E-state index in [1.165, 1.54) is 35.6 Å². The molecule has 6 aromatic carbocycles. The molecule has 208 valence electrons. The quantitative estimate of drug-likeness (QED) is 0.126. The van der Waals surface area contributed by atoms with Crippen molar-refractivity contribution < 1.29 is 4.37 Å². The Morgan fingerprint density at radius 3 is 0.905 bits per heavy atom. The van der Waals surface area contributed by atoms with Crippen LogP contribution in [0.15, 0.2) is 182 Å². The van der Waals surface area contributed by atoms with Gasteiger partial charge in [-0.3, -0.25) is 0 Å². The fourth-order valence-corrected chi connectivity index (χ4v) is 6.01. The lowest BCUT2D eigenvalue weighted by atomic mass is 9.14. The van der Waals surface area contributed by atoms with Crippen molar-refractivity contribution in [1.82, 2.24) is 0 Å². The van der Waals surface area contributed by atoms with Gasteiger partial charge in [0.15, 0.2) is 0 Å². The molecule has 0 aliphatic rings. The largest absolute Gasteiger partial charge is 0.499 e. The molecule has 6 aromatic rings. The predicted molar refractivity (Wildman–Crippen MR) is 183 cm³/mol. The third kappa shape index (κ3) is 6.73. The number of hydrogen-bond acceptors (Lipinski definition) is 0. The molecule has 0 aliphatic carbocycles. The highest BCUT2D eigenvalue weighted by Crippen LogP contribution is 2.38. The minimum atomic E-state index is -0.913. The van der Waals surface area contributed by atoms with Crippen molar-refractivity contribution >= 4 is 22.5 Å². The smallest absolute Gasteiger partial charge is 0.267 e. The molecule has 2 heteroatoms. The summed E-state index contributed by atoms with van der Waals surface area (Å²) in [6.45, 7) is 2.28. The summed E-state index contributed by atoms with van der Waals surface area (Å²) in [5.74, 6) is 3.25. The zero-order chi connectivity index (χ0) is 28.9. The molecule has 0 saturated carbocycles. The van der Waals surface area contributed by atoms with Crippen LogP contribution in [-0.4, -0.2) is 6.15 Å². The van der Waals surface area contributed by atoms with Gasteiger partial charge in [0.25, 0.3) is 17.2 Å². The Labute approximate surface area is 251 Å². The average molecular weight is 547 g/mol. The number of para-hydroxylation sites is 3. The van der Waals surface area contributed by atoms with E-state index in [1.807, 2.05) is 54.6 Å². The molecule has 42 heavy (non-hydrogen) atoms. The molecule has 0 heterocycles. The maximum absolute atomic E-state index is 3.22. The summed E-state index contributed by atoms with van der Waals surface area (Å²) in [5.41, 5.74) is 4.33. The third-order valence-electron chi connectivity index (χ3n) is 8.03. The lowest BCUT2D eigenvalue weighted by Crippen LogP contribution is -2.66. The van der Waals surface area contributed by atoms with Gasteiger partial charge in [-0.25, -0.2) is 0 Å². The molecule has 0 radical (unpaired) electrons. The summed E-state index contributed by atoms with van der Waals surface area (Å²) in [5, 5.41) is 0. The Morgan fingerprint density at radius 2 is 0.643 bits per heavy atom. The average Bonchev–Trinajstić information content (AvgIpc) is 3.09. The fourth-order valence-electron chi connectivity index (χ4n) is 6.01. The maximum Gasteiger partial charge on any atom is 0.267 e. The van der Waals surface area contributed by atoms with Crippen molar-refractivity contribution in [1.29, 1.82) is 0 Å². The van der Waals surface area contributed by atoms with E-state index in [9.17, 15) is 0 Å². The summed E-state index contributed by atoms with van der Waals surface area (Å²) in [6, 6.07) is 64.0. The summed E-state index contributed by atoms with van der Waals surface area (Å²) in [4.78, 5) is 0. The van der Waals surface area contributed by atoms with Crippen molar-refractivity contribution in [2.45, 2.75) is 26.1 Å². The first-order chi connectivity index (χ1) is 20.8. The molecular weight excluding hydrogens is 507 g/mol. The van der Waals surface area contributed by atoms with Crippen molar-refractivity contribution in [2.24, 2.45) is 0 Å². The Balaban J connectivity index is 0.000000171. The van der Waals surface area contributed by atoms with Gasteiger partial charge in [0.1, 0.15) is 0 Å². The normalized spacial score (nSPS) is 10.8. The number of rotatable bonds is 9. The Morgan fingerprint density at radius 1 is 0.381 bits per heavy atom. The molecule has 1 nitrogen and oxygen atoms in total. The Bertz CT molecular complexity index is 1380.